The van der Waals surface area contributed by atoms with Crippen LogP contribution in [0.5, 0.6) is 0 Å². The number of carbonyl (C=O) groups excluding carboxylic acids is 6. The van der Waals surface area contributed by atoms with E-state index in [-0.39, 0.29) is 35.5 Å². The maximum Gasteiger partial charge on any atom is 0.408 e. The normalized spacial score (nSPS) is 12.2. The minimum atomic E-state index is -1.12. The fourth-order valence-corrected chi connectivity index (χ4v) is 11.6. The van der Waals surface area contributed by atoms with Gasteiger partial charge < -0.3 is 36.3 Å². The van der Waals surface area contributed by atoms with Crippen LogP contribution in [0, 0.1) is 5.82 Å². The first-order valence-electron chi connectivity index (χ1n) is 35.7. The number of amides is 3. The van der Waals surface area contributed by atoms with Crippen molar-refractivity contribution in [2.24, 2.45) is 5.73 Å². The number of nitrogens with one attached hydrogen (secondary N) is 3. The van der Waals surface area contributed by atoms with Crippen molar-refractivity contribution < 1.29 is 52.5 Å². The van der Waals surface area contributed by atoms with Gasteiger partial charge in [-0.3, -0.25) is 19.2 Å². The van der Waals surface area contributed by atoms with Crippen molar-refractivity contribution in [3.8, 4) is 0 Å². The van der Waals surface area contributed by atoms with Crippen molar-refractivity contribution in [1.29, 1.82) is 0 Å². The lowest BCUT2D eigenvalue weighted by atomic mass is 9.97. The van der Waals surface area contributed by atoms with Gasteiger partial charge in [0.05, 0.1) is 18.1 Å². The molecule has 9 aromatic carbocycles. The van der Waals surface area contributed by atoms with Crippen molar-refractivity contribution in [3.63, 3.8) is 0 Å². The van der Waals surface area contributed by atoms with Gasteiger partial charge in [-0.15, -0.1) is 0 Å². The van der Waals surface area contributed by atoms with E-state index in [0.29, 0.717) is 69.6 Å². The van der Waals surface area contributed by atoms with Gasteiger partial charge in [0.2, 0.25) is 0 Å². The Labute approximate surface area is 643 Å². The second-order valence-electron chi connectivity index (χ2n) is 27.9. The van der Waals surface area contributed by atoms with Gasteiger partial charge in [-0.05, 0) is 241 Å². The number of benzene rings is 9. The van der Waals surface area contributed by atoms with E-state index in [4.69, 9.17) is 66.7 Å². The Balaban J connectivity index is 0.000000227. The van der Waals surface area contributed by atoms with E-state index < -0.39 is 53.5 Å². The number of fused-ring (bicyclic) bond motifs is 1. The van der Waals surface area contributed by atoms with Crippen molar-refractivity contribution >= 4 is 98.6 Å². The second-order valence-corrected chi connectivity index (χ2v) is 29.6. The summed E-state index contributed by atoms with van der Waals surface area (Å²) >= 11 is 23.6. The Kier molecular flexibility index (Phi) is 36.1. The summed E-state index contributed by atoms with van der Waals surface area (Å²) in [5.41, 5.74) is 12.7. The molecule has 9 aromatic rings. The number of aryl methyl sites for hydroxylation is 3. The van der Waals surface area contributed by atoms with Crippen molar-refractivity contribution in [1.82, 2.24) is 16.0 Å². The number of rotatable bonds is 31. The third-order valence-corrected chi connectivity index (χ3v) is 17.6. The number of aliphatic carboxylic acids is 1. The Morgan fingerprint density at radius 1 is 0.387 bits per heavy atom. The number of halogens is 5. The molecule has 4 atom stereocenters. The monoisotopic (exact) mass is 1520 g/mol. The highest BCUT2D eigenvalue weighted by atomic mass is 35.5. The lowest BCUT2D eigenvalue weighted by Gasteiger charge is -2.23. The molecule has 0 unspecified atom stereocenters. The lowest BCUT2D eigenvalue weighted by molar-refractivity contribution is -0.139. The summed E-state index contributed by atoms with van der Waals surface area (Å²) < 4.78 is 23.9. The number of ether oxygens (including phenoxy) is 2. The molecule has 0 aliphatic heterocycles. The first-order valence-corrected chi connectivity index (χ1v) is 37.2. The molecule has 19 heteroatoms. The van der Waals surface area contributed by atoms with Crippen LogP contribution in [-0.2, 0) is 73.6 Å². The van der Waals surface area contributed by atoms with E-state index in [1.807, 2.05) is 103 Å². The summed E-state index contributed by atoms with van der Waals surface area (Å²) in [4.78, 5) is 86.1. The molecule has 0 aliphatic rings. The number of Topliss-reactive ketones (excluding diaryl/α,β-unsaturated/α-hetero) is 3. The zero-order valence-electron chi connectivity index (χ0n) is 61.1. The van der Waals surface area contributed by atoms with Gasteiger partial charge >= 0.3 is 18.2 Å². The molecular weight excluding hydrogens is 1420 g/mol. The summed E-state index contributed by atoms with van der Waals surface area (Å²) in [5, 5.41) is 21.2. The Bertz CT molecular complexity index is 4200. The number of carbonyl (C=O) groups is 7. The lowest BCUT2D eigenvalue weighted by Crippen LogP contribution is -2.44. The topological polar surface area (TPSA) is 220 Å². The zero-order chi connectivity index (χ0) is 77.0. The number of carboxylic acids is 1. The minimum absolute atomic E-state index is 0.00391. The Morgan fingerprint density at radius 2 is 0.708 bits per heavy atom. The fourth-order valence-electron chi connectivity index (χ4n) is 11.1. The molecule has 0 saturated heterocycles. The van der Waals surface area contributed by atoms with Crippen LogP contribution in [0.4, 0.5) is 14.0 Å². The molecule has 0 saturated carbocycles. The van der Waals surface area contributed by atoms with E-state index >= 15 is 0 Å². The van der Waals surface area contributed by atoms with Crippen LogP contribution in [0.15, 0.2) is 224 Å². The first kappa shape index (κ1) is 85.7. The Morgan fingerprint density at radius 3 is 1.08 bits per heavy atom. The summed E-state index contributed by atoms with van der Waals surface area (Å²) in [6, 6.07) is 66.4. The molecule has 0 heterocycles. The highest BCUT2D eigenvalue weighted by molar-refractivity contribution is 6.31. The molecule has 14 nitrogen and oxygen atoms in total. The number of nitrogens with two attached hydrogens (primary N) is 1. The van der Waals surface area contributed by atoms with Crippen LogP contribution in [0.25, 0.3) is 10.8 Å². The highest BCUT2D eigenvalue weighted by Gasteiger charge is 2.27. The van der Waals surface area contributed by atoms with Gasteiger partial charge in [0.1, 0.15) is 28.8 Å². The van der Waals surface area contributed by atoms with Gasteiger partial charge in [0, 0.05) is 51.3 Å². The van der Waals surface area contributed by atoms with Gasteiger partial charge in [0.15, 0.2) is 11.6 Å². The van der Waals surface area contributed by atoms with Crippen LogP contribution in [0.2, 0.25) is 20.1 Å². The van der Waals surface area contributed by atoms with E-state index in [9.17, 15) is 38.0 Å². The molecular formula is C87H97Cl4FN4O10. The van der Waals surface area contributed by atoms with E-state index in [2.05, 4.69) is 52.3 Å². The summed E-state index contributed by atoms with van der Waals surface area (Å²) in [6.07, 6.45) is 9.71. The van der Waals surface area contributed by atoms with Crippen molar-refractivity contribution in [3.05, 3.63) is 295 Å². The number of unbranched alkanes of at least 4 members (excludes halogenated alkanes) is 3. The van der Waals surface area contributed by atoms with Crippen LogP contribution in [-0.4, -0.2) is 81.9 Å². The van der Waals surface area contributed by atoms with Crippen LogP contribution >= 0.6 is 46.4 Å². The average molecular weight is 1520 g/mol. The number of hydrogen-bond donors (Lipinski definition) is 5. The maximum absolute atomic E-state index is 13.5. The van der Waals surface area contributed by atoms with Gasteiger partial charge in [-0.1, -0.05) is 198 Å². The molecule has 6 N–H and O–H groups in total. The summed E-state index contributed by atoms with van der Waals surface area (Å²) in [7, 11) is 0. The number of hydrogen-bond acceptors (Lipinski definition) is 10. The molecule has 560 valence electrons. The summed E-state index contributed by atoms with van der Waals surface area (Å²) in [6.45, 7) is 10.5. The molecule has 0 aliphatic carbocycles. The minimum Gasteiger partial charge on any atom is -0.480 e. The van der Waals surface area contributed by atoms with Gasteiger partial charge in [-0.25, -0.2) is 18.8 Å². The largest absolute Gasteiger partial charge is 0.480 e. The van der Waals surface area contributed by atoms with Crippen LogP contribution in [0.3, 0.4) is 0 Å². The van der Waals surface area contributed by atoms with Gasteiger partial charge in [0.25, 0.3) is 5.91 Å². The second kappa shape index (κ2) is 44.7. The third kappa shape index (κ3) is 34.3. The van der Waals surface area contributed by atoms with Gasteiger partial charge in [-0.2, -0.15) is 0 Å². The molecule has 0 fully saturated rings. The quantitative estimate of drug-likeness (QED) is 0.0257. The number of ketones is 3. The fraction of sp³-hybridized carbons (Fsp3) is 0.322. The molecule has 106 heavy (non-hydrogen) atoms. The third-order valence-electron chi connectivity index (χ3n) is 16.6. The van der Waals surface area contributed by atoms with E-state index in [1.54, 1.807) is 114 Å². The molecule has 0 bridgehead atoms. The molecule has 0 spiro atoms. The molecule has 3 amide bonds. The van der Waals surface area contributed by atoms with Crippen LogP contribution < -0.4 is 21.7 Å². The maximum atomic E-state index is 13.5. The van der Waals surface area contributed by atoms with Crippen molar-refractivity contribution in [2.45, 2.75) is 180 Å². The smallest absolute Gasteiger partial charge is 0.408 e. The predicted octanol–water partition coefficient (Wildman–Crippen LogP) is 19.8. The SMILES string of the molecule is CC(C)(C)OC(=O)N[C@@H](Cc1ccc(Cl)cc1)C(=O)CCCCc1ccccc1.CC(C)(C)OC(=O)N[C@@H](Cc1ccc(Cl)cc1)C(=O)O.N[C@@H](Cc1ccc(Cl)cc1)C(=O)CCCCc1ccccc1.O=C(N[C@@H](Cc1ccc(Cl)cc1)C(=O)CCCCc1ccccc1)c1ccc2cc(F)ccc2c1. The number of carboxylic acid groups (broad SMARTS) is 1. The standard InChI is InChI=1S/C30H27ClFNO2.C24H30ClNO3.C19H22ClNO.C14H18ClNO4/c31-26-15-10-22(11-16-26)18-28(29(34)9-5-4-8-21-6-2-1-3-7-21)33-30(35)25-13-12-24-20-27(32)17-14-23(24)19-25;1-24(2,3)29-23(28)26-21(17-19-13-15-20(25)16-14-19)22(27)12-8-7-11-18-9-5-4-6-10-18;20-17-12-10-16(11-13-17)14-18(21)19(22)9-5-4-8-15-6-2-1-3-7-15;1-14(2,3)20-13(19)16-11(12(17)18)8-9-4-6-10(15)7-5-9/h1-3,6-7,10-17,19-20,28H,4-5,8-9,18H2,(H,33,35);4-6,9-10,13-16,21H,7-8,11-12,17H2,1-3H3,(H,26,28);1-3,6-7,10-13,18H,4-5,8-9,14,21H2;4-7,11H,8H2,1-3H3,(H,16,19)(H,17,18)/t28-;21-;18-;11-/m0000/s1. The Hall–Kier alpha value is -9.22. The van der Waals surface area contributed by atoms with E-state index in [0.717, 1.165) is 85.4 Å². The van der Waals surface area contributed by atoms with E-state index in [1.165, 1.54) is 28.8 Å². The molecule has 9 rings (SSSR count). The average Bonchev–Trinajstić information content (AvgIpc) is 0.817. The summed E-state index contributed by atoms with van der Waals surface area (Å²) in [5.74, 6) is -1.61. The zero-order valence-corrected chi connectivity index (χ0v) is 64.1. The van der Waals surface area contributed by atoms with Crippen LogP contribution in [0.1, 0.15) is 149 Å². The predicted molar refractivity (Wildman–Crippen MR) is 425 cm³/mol. The highest BCUT2D eigenvalue weighted by Crippen LogP contribution is 2.22. The molecule has 0 radical (unpaired) electrons. The van der Waals surface area contributed by atoms with Crippen molar-refractivity contribution in [2.75, 3.05) is 0 Å². The number of alkyl carbamates (subject to hydrolysis) is 2. The first-order chi connectivity index (χ1) is 50.5. The molecule has 0 aromatic heterocycles.